The fourth-order valence-electron chi connectivity index (χ4n) is 5.74. The monoisotopic (exact) mass is 329 g/mol. The Hall–Kier alpha value is -1.65. The van der Waals surface area contributed by atoms with Gasteiger partial charge < -0.3 is 10.3 Å². The van der Waals surface area contributed by atoms with Crippen LogP contribution < -0.4 is 11.0 Å². The van der Waals surface area contributed by atoms with Gasteiger partial charge in [-0.15, -0.1) is 0 Å². The van der Waals surface area contributed by atoms with Gasteiger partial charge in [0, 0.05) is 11.2 Å². The number of H-pyrrole nitrogens is 1. The molecule has 5 heteroatoms. The first-order chi connectivity index (χ1) is 11.4. The third-order valence-corrected chi connectivity index (χ3v) is 6.08. The van der Waals surface area contributed by atoms with Gasteiger partial charge in [-0.05, 0) is 74.7 Å². The lowest BCUT2D eigenvalue weighted by atomic mass is 9.53. The van der Waals surface area contributed by atoms with Crippen molar-refractivity contribution in [2.75, 3.05) is 0 Å². The van der Waals surface area contributed by atoms with E-state index in [1.54, 1.807) is 6.07 Å². The first-order valence-corrected chi connectivity index (χ1v) is 9.33. The van der Waals surface area contributed by atoms with Gasteiger partial charge in [0.1, 0.15) is 5.69 Å². The number of nitrogens with zero attached hydrogens (tertiary/aromatic N) is 1. The molecule has 4 aliphatic carbocycles. The SMILES string of the molecule is CC(C)Cc1cc(C(=O)NC23CC4CC(CC(C4)C2)C3)nc(=O)[nH]1. The van der Waals surface area contributed by atoms with Crippen molar-refractivity contribution in [2.45, 2.75) is 64.3 Å². The molecule has 0 radical (unpaired) electrons. The summed E-state index contributed by atoms with van der Waals surface area (Å²) in [6.45, 7) is 4.18. The van der Waals surface area contributed by atoms with Gasteiger partial charge in [0.05, 0.1) is 0 Å². The summed E-state index contributed by atoms with van der Waals surface area (Å²) in [5.74, 6) is 2.58. The normalized spacial score (nSPS) is 33.9. The molecule has 1 aromatic heterocycles. The largest absolute Gasteiger partial charge is 0.345 e. The second-order valence-electron chi connectivity index (χ2n) is 8.85. The van der Waals surface area contributed by atoms with Crippen LogP contribution in [0.2, 0.25) is 0 Å². The molecule has 0 spiro atoms. The second kappa shape index (κ2) is 5.71. The molecule has 5 rings (SSSR count). The van der Waals surface area contributed by atoms with Crippen LogP contribution in [0.5, 0.6) is 0 Å². The number of rotatable bonds is 4. The predicted molar refractivity (Wildman–Crippen MR) is 91.8 cm³/mol. The van der Waals surface area contributed by atoms with Crippen LogP contribution in [0, 0.1) is 23.7 Å². The maximum atomic E-state index is 12.8. The van der Waals surface area contributed by atoms with Crippen LogP contribution in [-0.4, -0.2) is 21.4 Å². The molecule has 0 atom stereocenters. The second-order valence-corrected chi connectivity index (χ2v) is 8.85. The number of aromatic nitrogens is 2. The molecule has 4 saturated carbocycles. The molecule has 4 fully saturated rings. The van der Waals surface area contributed by atoms with Crippen molar-refractivity contribution in [1.82, 2.24) is 15.3 Å². The molecule has 1 heterocycles. The molecule has 130 valence electrons. The van der Waals surface area contributed by atoms with Crippen LogP contribution in [0.1, 0.15) is 68.6 Å². The summed E-state index contributed by atoms with van der Waals surface area (Å²) in [4.78, 5) is 31.3. The molecular formula is C19H27N3O2. The third kappa shape index (κ3) is 3.01. The van der Waals surface area contributed by atoms with Crippen LogP contribution in [0.3, 0.4) is 0 Å². The molecule has 1 amide bonds. The highest BCUT2D eigenvalue weighted by atomic mass is 16.2. The Morgan fingerprint density at radius 2 is 1.83 bits per heavy atom. The molecule has 5 nitrogen and oxygen atoms in total. The quantitative estimate of drug-likeness (QED) is 0.892. The lowest BCUT2D eigenvalue weighted by Crippen LogP contribution is -2.60. The van der Waals surface area contributed by atoms with Crippen LogP contribution in [-0.2, 0) is 6.42 Å². The minimum absolute atomic E-state index is 0.0473. The van der Waals surface area contributed by atoms with Crippen molar-refractivity contribution >= 4 is 5.91 Å². The zero-order valence-electron chi connectivity index (χ0n) is 14.6. The van der Waals surface area contributed by atoms with Crippen molar-refractivity contribution < 1.29 is 4.79 Å². The number of carbonyl (C=O) groups excluding carboxylic acids is 1. The van der Waals surface area contributed by atoms with Gasteiger partial charge >= 0.3 is 5.69 Å². The Kier molecular flexibility index (Phi) is 3.77. The van der Waals surface area contributed by atoms with E-state index in [1.165, 1.54) is 19.3 Å². The van der Waals surface area contributed by atoms with Gasteiger partial charge in [0.25, 0.3) is 5.91 Å². The summed E-state index contributed by atoms with van der Waals surface area (Å²) in [6, 6.07) is 1.75. The number of hydrogen-bond donors (Lipinski definition) is 2. The van der Waals surface area contributed by atoms with Gasteiger partial charge in [-0.3, -0.25) is 4.79 Å². The van der Waals surface area contributed by atoms with Gasteiger partial charge in [-0.2, -0.15) is 4.98 Å². The number of carbonyl (C=O) groups is 1. The zero-order chi connectivity index (χ0) is 16.9. The third-order valence-electron chi connectivity index (χ3n) is 6.08. The molecule has 0 unspecified atom stereocenters. The highest BCUT2D eigenvalue weighted by molar-refractivity contribution is 5.92. The van der Waals surface area contributed by atoms with E-state index in [9.17, 15) is 9.59 Å². The predicted octanol–water partition coefficient (Wildman–Crippen LogP) is 2.67. The van der Waals surface area contributed by atoms with Crippen LogP contribution >= 0.6 is 0 Å². The summed E-state index contributed by atoms with van der Waals surface area (Å²) in [7, 11) is 0. The first-order valence-electron chi connectivity index (χ1n) is 9.33. The van der Waals surface area contributed by atoms with Crippen LogP contribution in [0.25, 0.3) is 0 Å². The highest BCUT2D eigenvalue weighted by Gasteiger charge is 2.51. The van der Waals surface area contributed by atoms with E-state index in [4.69, 9.17) is 0 Å². The van der Waals surface area contributed by atoms with Gasteiger partial charge in [-0.25, -0.2) is 4.79 Å². The van der Waals surface area contributed by atoms with Gasteiger partial charge in [0.2, 0.25) is 0 Å². The fourth-order valence-corrected chi connectivity index (χ4v) is 5.74. The topological polar surface area (TPSA) is 74.8 Å². The summed E-state index contributed by atoms with van der Waals surface area (Å²) in [5.41, 5.74) is 0.587. The van der Waals surface area contributed by atoms with Gasteiger partial charge in [0.15, 0.2) is 0 Å². The van der Waals surface area contributed by atoms with E-state index >= 15 is 0 Å². The summed E-state index contributed by atoms with van der Waals surface area (Å²) in [6.07, 6.45) is 8.09. The Labute approximate surface area is 142 Å². The molecule has 0 aliphatic heterocycles. The fraction of sp³-hybridized carbons (Fsp3) is 0.737. The molecule has 4 bridgehead atoms. The Bertz CT molecular complexity index is 672. The van der Waals surface area contributed by atoms with Crippen molar-refractivity contribution in [3.63, 3.8) is 0 Å². The van der Waals surface area contributed by atoms with E-state index in [1.807, 2.05) is 0 Å². The van der Waals surface area contributed by atoms with Crippen molar-refractivity contribution in [3.8, 4) is 0 Å². The molecule has 2 N–H and O–H groups in total. The Balaban J connectivity index is 1.54. The number of hydrogen-bond acceptors (Lipinski definition) is 3. The molecule has 0 aromatic carbocycles. The molecule has 0 saturated heterocycles. The average Bonchev–Trinajstić information content (AvgIpc) is 2.43. The van der Waals surface area contributed by atoms with Gasteiger partial charge in [-0.1, -0.05) is 13.8 Å². The van der Waals surface area contributed by atoms with E-state index in [2.05, 4.69) is 29.1 Å². The lowest BCUT2D eigenvalue weighted by Gasteiger charge is -2.56. The minimum Gasteiger partial charge on any atom is -0.345 e. The van der Waals surface area contributed by atoms with E-state index in [-0.39, 0.29) is 17.1 Å². The maximum Gasteiger partial charge on any atom is 0.345 e. The summed E-state index contributed by atoms with van der Waals surface area (Å²) < 4.78 is 0. The molecule has 1 aromatic rings. The molecular weight excluding hydrogens is 302 g/mol. The number of aromatic amines is 1. The number of amides is 1. The van der Waals surface area contributed by atoms with Crippen LogP contribution in [0.4, 0.5) is 0 Å². The summed E-state index contributed by atoms with van der Waals surface area (Å²) >= 11 is 0. The average molecular weight is 329 g/mol. The first kappa shape index (κ1) is 15.9. The minimum atomic E-state index is -0.427. The van der Waals surface area contributed by atoms with Crippen molar-refractivity contribution in [3.05, 3.63) is 27.9 Å². The molecule has 24 heavy (non-hydrogen) atoms. The molecule has 4 aliphatic rings. The van der Waals surface area contributed by atoms with Crippen LogP contribution in [0.15, 0.2) is 10.9 Å². The number of nitrogens with one attached hydrogen (secondary N) is 2. The highest BCUT2D eigenvalue weighted by Crippen LogP contribution is 2.55. The van der Waals surface area contributed by atoms with E-state index < -0.39 is 5.69 Å². The lowest BCUT2D eigenvalue weighted by molar-refractivity contribution is -0.0168. The zero-order valence-corrected chi connectivity index (χ0v) is 14.6. The Morgan fingerprint density at radius 1 is 1.25 bits per heavy atom. The maximum absolute atomic E-state index is 12.8. The standard InChI is InChI=1S/C19H27N3O2/c1-11(2)3-15-7-16(21-18(24)20-15)17(23)22-19-8-12-4-13(9-19)6-14(5-12)10-19/h7,11-14H,3-6,8-10H2,1-2H3,(H,22,23)(H,20,21,24). The van der Waals surface area contributed by atoms with E-state index in [0.29, 0.717) is 5.92 Å². The smallest absolute Gasteiger partial charge is 0.345 e. The Morgan fingerprint density at radius 3 is 2.38 bits per heavy atom. The van der Waals surface area contributed by atoms with E-state index in [0.717, 1.165) is 49.1 Å². The van der Waals surface area contributed by atoms with Crippen molar-refractivity contribution in [1.29, 1.82) is 0 Å². The summed E-state index contributed by atoms with van der Waals surface area (Å²) in [5, 5.41) is 3.29. The van der Waals surface area contributed by atoms with Crippen molar-refractivity contribution in [2.24, 2.45) is 23.7 Å².